The predicted octanol–water partition coefficient (Wildman–Crippen LogP) is 2.54. The number of carbonyl (C=O) groups excluding carboxylic acids is 2. The molecule has 2 aliphatic rings. The highest BCUT2D eigenvalue weighted by Crippen LogP contribution is 2.40. The lowest BCUT2D eigenvalue weighted by Gasteiger charge is -2.33. The van der Waals surface area contributed by atoms with E-state index in [2.05, 4.69) is 10.3 Å². The molecule has 24 heavy (non-hydrogen) atoms. The lowest BCUT2D eigenvalue weighted by Crippen LogP contribution is -2.44. The molecule has 2 heterocycles. The number of amidine groups is 1. The molecule has 1 aliphatic heterocycles. The Morgan fingerprint density at radius 1 is 1.42 bits per heavy atom. The molecule has 0 unspecified atom stereocenters. The standard InChI is InChI=1S/C18H24N4O2/c1-4-15-21-18(17(24)22(15)3)8-5-13(6-9-18)16(23)20-14-11-19-10-7-12(14)2/h7,10-11,13H,4-6,8-9H2,1-3H3,(H,20,23). The van der Waals surface area contributed by atoms with Gasteiger partial charge in [0.1, 0.15) is 11.4 Å². The first-order valence-electron chi connectivity index (χ1n) is 8.55. The molecule has 1 aliphatic carbocycles. The lowest BCUT2D eigenvalue weighted by molar-refractivity contribution is -0.133. The van der Waals surface area contributed by atoms with E-state index in [-0.39, 0.29) is 17.7 Å². The molecule has 1 spiro atoms. The van der Waals surface area contributed by atoms with Gasteiger partial charge in [0.15, 0.2) is 0 Å². The van der Waals surface area contributed by atoms with Crippen LogP contribution in [0.1, 0.15) is 44.6 Å². The van der Waals surface area contributed by atoms with Gasteiger partial charge in [0.2, 0.25) is 5.91 Å². The number of likely N-dealkylation sites (N-methyl/N-ethyl adjacent to an activating group) is 1. The molecule has 0 bridgehead atoms. The molecule has 1 fully saturated rings. The van der Waals surface area contributed by atoms with Crippen molar-refractivity contribution in [3.05, 3.63) is 24.0 Å². The molecule has 6 nitrogen and oxygen atoms in total. The van der Waals surface area contributed by atoms with Crippen LogP contribution in [-0.4, -0.2) is 40.1 Å². The average Bonchev–Trinajstić information content (AvgIpc) is 2.82. The Kier molecular flexibility index (Phi) is 4.39. The normalized spacial score (nSPS) is 26.6. The Bertz CT molecular complexity index is 690. The van der Waals surface area contributed by atoms with Gasteiger partial charge in [-0.25, -0.2) is 0 Å². The zero-order valence-electron chi connectivity index (χ0n) is 14.5. The summed E-state index contributed by atoms with van der Waals surface area (Å²) in [5, 5.41) is 2.97. The van der Waals surface area contributed by atoms with E-state index in [1.54, 1.807) is 24.3 Å². The Labute approximate surface area is 142 Å². The van der Waals surface area contributed by atoms with Gasteiger partial charge in [-0.3, -0.25) is 19.6 Å². The number of nitrogens with one attached hydrogen (secondary N) is 1. The van der Waals surface area contributed by atoms with Crippen molar-refractivity contribution in [2.24, 2.45) is 10.9 Å². The number of carbonyl (C=O) groups is 2. The average molecular weight is 328 g/mol. The van der Waals surface area contributed by atoms with E-state index < -0.39 is 5.54 Å². The predicted molar refractivity (Wildman–Crippen MR) is 92.8 cm³/mol. The molecule has 6 heteroatoms. The third-order valence-electron chi connectivity index (χ3n) is 5.23. The van der Waals surface area contributed by atoms with Crippen molar-refractivity contribution >= 4 is 23.3 Å². The van der Waals surface area contributed by atoms with Crippen LogP contribution >= 0.6 is 0 Å². The minimum absolute atomic E-state index is 0.0134. The molecule has 128 valence electrons. The quantitative estimate of drug-likeness (QED) is 0.926. The Balaban J connectivity index is 1.65. The van der Waals surface area contributed by atoms with Gasteiger partial charge >= 0.3 is 0 Å². The van der Waals surface area contributed by atoms with Crippen molar-refractivity contribution < 1.29 is 9.59 Å². The number of hydrogen-bond donors (Lipinski definition) is 1. The third kappa shape index (κ3) is 2.81. The molecule has 1 aromatic heterocycles. The minimum atomic E-state index is -0.624. The Morgan fingerprint density at radius 2 is 2.12 bits per heavy atom. The van der Waals surface area contributed by atoms with E-state index in [1.807, 2.05) is 19.9 Å². The number of aromatic nitrogens is 1. The van der Waals surface area contributed by atoms with Gasteiger partial charge in [0.25, 0.3) is 5.91 Å². The Morgan fingerprint density at radius 3 is 2.71 bits per heavy atom. The molecule has 3 rings (SSSR count). The number of aliphatic imine (C=N–C) groups is 1. The second-order valence-corrected chi connectivity index (χ2v) is 6.73. The van der Waals surface area contributed by atoms with E-state index in [1.165, 1.54) is 0 Å². The number of anilines is 1. The third-order valence-corrected chi connectivity index (χ3v) is 5.23. The van der Waals surface area contributed by atoms with E-state index in [9.17, 15) is 9.59 Å². The molecule has 1 saturated carbocycles. The molecule has 2 amide bonds. The maximum atomic E-state index is 12.6. The maximum Gasteiger partial charge on any atom is 0.255 e. The summed E-state index contributed by atoms with van der Waals surface area (Å²) in [6.07, 6.45) is 6.80. The van der Waals surface area contributed by atoms with Crippen LogP contribution < -0.4 is 5.32 Å². The molecular weight excluding hydrogens is 304 g/mol. The molecule has 1 aromatic rings. The van der Waals surface area contributed by atoms with Gasteiger partial charge in [0, 0.05) is 25.6 Å². The fourth-order valence-electron chi connectivity index (χ4n) is 3.63. The summed E-state index contributed by atoms with van der Waals surface area (Å²) in [6, 6.07) is 1.87. The second-order valence-electron chi connectivity index (χ2n) is 6.73. The molecule has 0 atom stereocenters. The van der Waals surface area contributed by atoms with E-state index in [4.69, 9.17) is 4.99 Å². The zero-order valence-corrected chi connectivity index (χ0v) is 14.5. The minimum Gasteiger partial charge on any atom is -0.324 e. The first-order chi connectivity index (χ1) is 11.5. The van der Waals surface area contributed by atoms with Crippen LogP contribution in [-0.2, 0) is 9.59 Å². The molecular formula is C18H24N4O2. The first-order valence-corrected chi connectivity index (χ1v) is 8.55. The summed E-state index contributed by atoms with van der Waals surface area (Å²) in [5.74, 6) is 0.879. The smallest absolute Gasteiger partial charge is 0.255 e. The highest BCUT2D eigenvalue weighted by molar-refractivity contribution is 6.08. The van der Waals surface area contributed by atoms with Crippen LogP contribution in [0.4, 0.5) is 5.69 Å². The van der Waals surface area contributed by atoms with Gasteiger partial charge in [-0.05, 0) is 44.2 Å². The summed E-state index contributed by atoms with van der Waals surface area (Å²) >= 11 is 0. The first kappa shape index (κ1) is 16.6. The number of rotatable bonds is 3. The van der Waals surface area contributed by atoms with Gasteiger partial charge in [-0.2, -0.15) is 0 Å². The van der Waals surface area contributed by atoms with Crippen molar-refractivity contribution in [1.82, 2.24) is 9.88 Å². The van der Waals surface area contributed by atoms with Crippen molar-refractivity contribution in [1.29, 1.82) is 0 Å². The van der Waals surface area contributed by atoms with Crippen LogP contribution in [0.15, 0.2) is 23.5 Å². The van der Waals surface area contributed by atoms with Gasteiger partial charge < -0.3 is 10.2 Å². The van der Waals surface area contributed by atoms with Gasteiger partial charge in [-0.15, -0.1) is 0 Å². The summed E-state index contributed by atoms with van der Waals surface area (Å²) in [4.78, 5) is 35.5. The SMILES string of the molecule is CCC1=NC2(CCC(C(=O)Nc3cnccc3C)CC2)C(=O)N1C. The number of hydrogen-bond acceptors (Lipinski definition) is 4. The molecule has 1 N–H and O–H groups in total. The fraction of sp³-hybridized carbons (Fsp3) is 0.556. The lowest BCUT2D eigenvalue weighted by atomic mass is 9.76. The molecule has 0 saturated heterocycles. The fourth-order valence-corrected chi connectivity index (χ4v) is 3.63. The summed E-state index contributed by atoms with van der Waals surface area (Å²) in [7, 11) is 1.80. The van der Waals surface area contributed by atoms with E-state index in [0.717, 1.165) is 23.5 Å². The maximum absolute atomic E-state index is 12.6. The number of aryl methyl sites for hydroxylation is 1. The van der Waals surface area contributed by atoms with Gasteiger partial charge in [-0.1, -0.05) is 6.92 Å². The van der Waals surface area contributed by atoms with Crippen LogP contribution in [0.25, 0.3) is 0 Å². The summed E-state index contributed by atoms with van der Waals surface area (Å²) in [5.41, 5.74) is 1.13. The van der Waals surface area contributed by atoms with Crippen LogP contribution in [0.2, 0.25) is 0 Å². The molecule has 0 aromatic carbocycles. The summed E-state index contributed by atoms with van der Waals surface area (Å²) in [6.45, 7) is 3.96. The zero-order chi connectivity index (χ0) is 17.3. The largest absolute Gasteiger partial charge is 0.324 e. The second kappa shape index (κ2) is 6.34. The van der Waals surface area contributed by atoms with E-state index >= 15 is 0 Å². The van der Waals surface area contributed by atoms with Crippen molar-refractivity contribution in [2.45, 2.75) is 51.5 Å². The van der Waals surface area contributed by atoms with Gasteiger partial charge in [0.05, 0.1) is 11.9 Å². The van der Waals surface area contributed by atoms with Crippen molar-refractivity contribution in [2.75, 3.05) is 12.4 Å². The van der Waals surface area contributed by atoms with Crippen molar-refractivity contribution in [3.63, 3.8) is 0 Å². The number of nitrogens with zero attached hydrogens (tertiary/aromatic N) is 3. The van der Waals surface area contributed by atoms with Crippen LogP contribution in [0.5, 0.6) is 0 Å². The highest BCUT2D eigenvalue weighted by Gasteiger charge is 2.49. The monoisotopic (exact) mass is 328 g/mol. The Hall–Kier alpha value is -2.24. The van der Waals surface area contributed by atoms with Crippen LogP contribution in [0, 0.1) is 12.8 Å². The van der Waals surface area contributed by atoms with Crippen molar-refractivity contribution in [3.8, 4) is 0 Å². The number of amides is 2. The number of pyridine rings is 1. The topological polar surface area (TPSA) is 74.7 Å². The van der Waals surface area contributed by atoms with E-state index in [0.29, 0.717) is 25.7 Å². The van der Waals surface area contributed by atoms with Crippen LogP contribution in [0.3, 0.4) is 0 Å². The highest BCUT2D eigenvalue weighted by atomic mass is 16.2. The summed E-state index contributed by atoms with van der Waals surface area (Å²) < 4.78 is 0. The molecule has 0 radical (unpaired) electrons.